The van der Waals surface area contributed by atoms with Gasteiger partial charge < -0.3 is 5.32 Å². The van der Waals surface area contributed by atoms with Gasteiger partial charge in [0.1, 0.15) is 0 Å². The second-order valence-corrected chi connectivity index (χ2v) is 6.90. The quantitative estimate of drug-likeness (QED) is 0.737. The lowest BCUT2D eigenvalue weighted by atomic mass is 10.0. The first-order chi connectivity index (χ1) is 7.33. The van der Waals surface area contributed by atoms with E-state index >= 15 is 0 Å². The number of hydrogen-bond acceptors (Lipinski definition) is 3. The number of halogens is 2. The Bertz CT molecular complexity index is 372. The third kappa shape index (κ3) is 2.08. The molecule has 0 bridgehead atoms. The van der Waals surface area contributed by atoms with Crippen molar-refractivity contribution >= 4 is 10.0 Å². The second kappa shape index (κ2) is 3.89. The number of nitrogens with zero attached hydrogens (tertiary/aromatic N) is 1. The van der Waals surface area contributed by atoms with Gasteiger partial charge in [-0.15, -0.1) is 0 Å². The zero-order valence-corrected chi connectivity index (χ0v) is 9.93. The normalized spacial score (nSPS) is 38.7. The summed E-state index contributed by atoms with van der Waals surface area (Å²) in [6.07, 6.45) is 0.163. The number of sulfonamides is 1. The van der Waals surface area contributed by atoms with Gasteiger partial charge in [-0.1, -0.05) is 0 Å². The highest BCUT2D eigenvalue weighted by atomic mass is 32.2. The predicted octanol–water partition coefficient (Wildman–Crippen LogP) is 0.408. The van der Waals surface area contributed by atoms with Gasteiger partial charge in [-0.2, -0.15) is 4.31 Å². The summed E-state index contributed by atoms with van der Waals surface area (Å²) in [7, 11) is -3.36. The van der Waals surface area contributed by atoms with Gasteiger partial charge >= 0.3 is 0 Å². The average molecular weight is 254 g/mol. The molecule has 2 saturated heterocycles. The molecule has 2 rings (SSSR count). The Morgan fingerprint density at radius 2 is 2.12 bits per heavy atom. The highest BCUT2D eigenvalue weighted by Crippen LogP contribution is 2.31. The molecule has 0 amide bonds. The zero-order valence-electron chi connectivity index (χ0n) is 9.12. The summed E-state index contributed by atoms with van der Waals surface area (Å²) in [5, 5.41) is 2.16. The third-order valence-corrected chi connectivity index (χ3v) is 5.68. The van der Waals surface area contributed by atoms with Crippen LogP contribution in [0.3, 0.4) is 0 Å². The fourth-order valence-corrected chi connectivity index (χ4v) is 4.11. The second-order valence-electron chi connectivity index (χ2n) is 4.60. The van der Waals surface area contributed by atoms with Crippen molar-refractivity contribution in [3.63, 3.8) is 0 Å². The van der Waals surface area contributed by atoms with Crippen molar-refractivity contribution in [2.75, 3.05) is 19.6 Å². The van der Waals surface area contributed by atoms with Crippen molar-refractivity contribution in [1.29, 1.82) is 0 Å². The molecule has 1 N–H and O–H groups in total. The van der Waals surface area contributed by atoms with Gasteiger partial charge in [0.15, 0.2) is 0 Å². The molecular formula is C9H16F2N2O2S. The molecule has 2 atom stereocenters. The highest BCUT2D eigenvalue weighted by molar-refractivity contribution is 7.90. The van der Waals surface area contributed by atoms with E-state index in [0.717, 1.165) is 0 Å². The largest absolute Gasteiger partial charge is 0.310 e. The fraction of sp³-hybridized carbons (Fsp3) is 1.00. The first-order valence-corrected chi connectivity index (χ1v) is 6.92. The van der Waals surface area contributed by atoms with Crippen LogP contribution in [0.1, 0.15) is 19.8 Å². The van der Waals surface area contributed by atoms with Crippen molar-refractivity contribution in [1.82, 2.24) is 9.62 Å². The van der Waals surface area contributed by atoms with E-state index in [1.807, 2.05) is 0 Å². The first-order valence-electron chi connectivity index (χ1n) is 5.42. The third-order valence-electron chi connectivity index (χ3n) is 3.30. The van der Waals surface area contributed by atoms with Gasteiger partial charge in [0.25, 0.3) is 5.92 Å². The standard InChI is InChI=1S/C9H16F2N2O2S/c1-7-2-3-13(16(7,14)15)8-4-9(10,11)6-12-5-8/h7-8,12H,2-6H2,1H3/t7-,8-/m1/s1. The molecule has 16 heavy (non-hydrogen) atoms. The van der Waals surface area contributed by atoms with E-state index in [4.69, 9.17) is 0 Å². The van der Waals surface area contributed by atoms with E-state index in [1.54, 1.807) is 6.92 Å². The SMILES string of the molecule is C[C@@H]1CCN([C@H]2CNCC(F)(F)C2)S1(=O)=O. The van der Waals surface area contributed by atoms with Gasteiger partial charge in [-0.05, 0) is 13.3 Å². The van der Waals surface area contributed by atoms with Crippen LogP contribution in [0.5, 0.6) is 0 Å². The van der Waals surface area contributed by atoms with E-state index in [0.29, 0.717) is 19.5 Å². The topological polar surface area (TPSA) is 49.4 Å². The molecule has 0 aliphatic carbocycles. The minimum atomic E-state index is -3.36. The molecule has 0 radical (unpaired) electrons. The predicted molar refractivity (Wildman–Crippen MR) is 55.9 cm³/mol. The molecular weight excluding hydrogens is 238 g/mol. The van der Waals surface area contributed by atoms with Gasteiger partial charge in [0.05, 0.1) is 11.8 Å². The van der Waals surface area contributed by atoms with E-state index < -0.39 is 27.2 Å². The Labute approximate surface area is 94.0 Å². The van der Waals surface area contributed by atoms with Crippen LogP contribution in [0.15, 0.2) is 0 Å². The summed E-state index contributed by atoms with van der Waals surface area (Å²) in [4.78, 5) is 0. The van der Waals surface area contributed by atoms with Crippen LogP contribution in [0.4, 0.5) is 8.78 Å². The summed E-state index contributed by atoms with van der Waals surface area (Å²) >= 11 is 0. The van der Waals surface area contributed by atoms with E-state index in [-0.39, 0.29) is 13.0 Å². The number of alkyl halides is 2. The summed E-state index contributed by atoms with van der Waals surface area (Å²) < 4.78 is 51.3. The summed E-state index contributed by atoms with van der Waals surface area (Å²) in [6.45, 7) is 1.96. The molecule has 4 nitrogen and oxygen atoms in total. The molecule has 2 fully saturated rings. The van der Waals surface area contributed by atoms with Crippen molar-refractivity contribution < 1.29 is 17.2 Å². The number of hydrogen-bond donors (Lipinski definition) is 1. The minimum Gasteiger partial charge on any atom is -0.310 e. The molecule has 2 aliphatic rings. The Balaban J connectivity index is 2.14. The molecule has 2 aliphatic heterocycles. The fourth-order valence-electron chi connectivity index (χ4n) is 2.32. The summed E-state index contributed by atoms with van der Waals surface area (Å²) in [5.74, 6) is -2.80. The van der Waals surface area contributed by atoms with Crippen LogP contribution in [-0.4, -0.2) is 49.6 Å². The average Bonchev–Trinajstić information content (AvgIpc) is 2.40. The van der Waals surface area contributed by atoms with E-state index in [2.05, 4.69) is 5.32 Å². The number of piperidine rings is 1. The van der Waals surface area contributed by atoms with Gasteiger partial charge in [-0.3, -0.25) is 0 Å². The van der Waals surface area contributed by atoms with Crippen LogP contribution in [0, 0.1) is 0 Å². The van der Waals surface area contributed by atoms with Crippen LogP contribution in [-0.2, 0) is 10.0 Å². The monoisotopic (exact) mass is 254 g/mol. The van der Waals surface area contributed by atoms with Crippen LogP contribution < -0.4 is 5.32 Å². The summed E-state index contributed by atoms with van der Waals surface area (Å²) in [5.41, 5.74) is 0. The van der Waals surface area contributed by atoms with Crippen LogP contribution in [0.2, 0.25) is 0 Å². The van der Waals surface area contributed by atoms with Gasteiger partial charge in [0, 0.05) is 25.6 Å². The van der Waals surface area contributed by atoms with Crippen LogP contribution >= 0.6 is 0 Å². The Hall–Kier alpha value is -0.270. The lowest BCUT2D eigenvalue weighted by Gasteiger charge is -2.34. The highest BCUT2D eigenvalue weighted by Gasteiger charge is 2.45. The van der Waals surface area contributed by atoms with Crippen molar-refractivity contribution in [3.8, 4) is 0 Å². The first kappa shape index (κ1) is 12.2. The Morgan fingerprint density at radius 3 is 2.62 bits per heavy atom. The Kier molecular flexibility index (Phi) is 2.96. The maximum Gasteiger partial charge on any atom is 0.261 e. The molecule has 0 spiro atoms. The molecule has 0 aromatic heterocycles. The number of rotatable bonds is 1. The summed E-state index contributed by atoms with van der Waals surface area (Å²) in [6, 6.07) is -0.598. The molecule has 0 unspecified atom stereocenters. The smallest absolute Gasteiger partial charge is 0.261 e. The van der Waals surface area contributed by atoms with Crippen molar-refractivity contribution in [2.45, 2.75) is 37.0 Å². The molecule has 0 aromatic rings. The maximum atomic E-state index is 13.2. The van der Waals surface area contributed by atoms with Gasteiger partial charge in [0.2, 0.25) is 10.0 Å². The maximum absolute atomic E-state index is 13.2. The zero-order chi connectivity index (χ0) is 12.0. The lowest BCUT2D eigenvalue weighted by molar-refractivity contribution is -0.0397. The van der Waals surface area contributed by atoms with Gasteiger partial charge in [-0.25, -0.2) is 17.2 Å². The molecule has 0 aromatic carbocycles. The Morgan fingerprint density at radius 1 is 1.44 bits per heavy atom. The van der Waals surface area contributed by atoms with Crippen LogP contribution in [0.25, 0.3) is 0 Å². The minimum absolute atomic E-state index is 0.321. The molecule has 94 valence electrons. The molecule has 7 heteroatoms. The van der Waals surface area contributed by atoms with E-state index in [9.17, 15) is 17.2 Å². The number of nitrogens with one attached hydrogen (secondary N) is 1. The molecule has 2 heterocycles. The van der Waals surface area contributed by atoms with Crippen molar-refractivity contribution in [3.05, 3.63) is 0 Å². The van der Waals surface area contributed by atoms with Crippen molar-refractivity contribution in [2.24, 2.45) is 0 Å². The lowest BCUT2D eigenvalue weighted by Crippen LogP contribution is -2.54. The molecule has 0 saturated carbocycles. The van der Waals surface area contributed by atoms with E-state index in [1.165, 1.54) is 4.31 Å².